The van der Waals surface area contributed by atoms with Gasteiger partial charge in [0.25, 0.3) is 0 Å². The zero-order valence-corrected chi connectivity index (χ0v) is 12.4. The van der Waals surface area contributed by atoms with Crippen molar-refractivity contribution in [3.63, 3.8) is 0 Å². The lowest BCUT2D eigenvalue weighted by molar-refractivity contribution is -0.148. The van der Waals surface area contributed by atoms with E-state index < -0.39 is 18.3 Å². The lowest BCUT2D eigenvalue weighted by Crippen LogP contribution is -2.50. The molecule has 7 heteroatoms. The molecule has 0 aromatic heterocycles. The average molecular weight is 312 g/mol. The molecule has 3 nitrogen and oxygen atoms in total. The molecule has 0 aromatic carbocycles. The summed E-state index contributed by atoms with van der Waals surface area (Å²) in [6.45, 7) is 0.718. The van der Waals surface area contributed by atoms with Gasteiger partial charge in [-0.25, -0.2) is 0 Å². The van der Waals surface area contributed by atoms with Gasteiger partial charge in [0, 0.05) is 12.6 Å². The fraction of sp³-hybridized carbons (Fsp3) is 1.00. The lowest BCUT2D eigenvalue weighted by Gasteiger charge is -2.36. The third-order valence-electron chi connectivity index (χ3n) is 4.13. The Morgan fingerprint density at radius 1 is 1.20 bits per heavy atom. The molecule has 0 spiro atoms. The third-order valence-corrected chi connectivity index (χ3v) is 5.12. The molecule has 0 aromatic rings. The largest absolute Gasteiger partial charge is 0.401 e. The fourth-order valence-electron chi connectivity index (χ4n) is 2.81. The quantitative estimate of drug-likeness (QED) is 0.831. The highest BCUT2D eigenvalue weighted by Crippen LogP contribution is 2.27. The number of nitrogens with zero attached hydrogens (tertiary/aromatic N) is 1. The van der Waals surface area contributed by atoms with E-state index in [1.165, 1.54) is 4.90 Å². The highest BCUT2D eigenvalue weighted by atomic mass is 32.2. The highest BCUT2D eigenvalue weighted by molar-refractivity contribution is 7.99. The number of alkyl halides is 3. The van der Waals surface area contributed by atoms with Gasteiger partial charge in [-0.1, -0.05) is 0 Å². The van der Waals surface area contributed by atoms with Crippen molar-refractivity contribution in [2.24, 2.45) is 0 Å². The van der Waals surface area contributed by atoms with Crippen LogP contribution in [-0.4, -0.2) is 65.5 Å². The van der Waals surface area contributed by atoms with Crippen molar-refractivity contribution in [3.8, 4) is 0 Å². The summed E-state index contributed by atoms with van der Waals surface area (Å²) in [6, 6.07) is 0.234. The lowest BCUT2D eigenvalue weighted by atomic mass is 9.95. The summed E-state index contributed by atoms with van der Waals surface area (Å²) in [5.41, 5.74) is -0.617. The van der Waals surface area contributed by atoms with Gasteiger partial charge < -0.3 is 10.4 Å². The molecule has 0 atom stereocenters. The van der Waals surface area contributed by atoms with E-state index in [-0.39, 0.29) is 6.04 Å². The number of rotatable bonds is 4. The molecule has 2 aliphatic heterocycles. The molecule has 2 rings (SSSR count). The van der Waals surface area contributed by atoms with Crippen LogP contribution in [-0.2, 0) is 0 Å². The minimum atomic E-state index is -4.10. The molecule has 0 bridgehead atoms. The molecule has 0 radical (unpaired) electrons. The van der Waals surface area contributed by atoms with Gasteiger partial charge in [-0.15, -0.1) is 0 Å². The minimum Gasteiger partial charge on any atom is -0.389 e. The molecule has 0 aliphatic carbocycles. The zero-order valence-electron chi connectivity index (χ0n) is 11.6. The SMILES string of the molecule is OC1(CNC2CCN(CC(F)(F)F)CC2)CCSCC1. The maximum atomic E-state index is 12.3. The Morgan fingerprint density at radius 2 is 1.80 bits per heavy atom. The van der Waals surface area contributed by atoms with Crippen LogP contribution in [0.2, 0.25) is 0 Å². The van der Waals surface area contributed by atoms with E-state index in [0.29, 0.717) is 19.6 Å². The average Bonchev–Trinajstić information content (AvgIpc) is 2.37. The Morgan fingerprint density at radius 3 is 2.35 bits per heavy atom. The molecule has 2 fully saturated rings. The van der Waals surface area contributed by atoms with Crippen molar-refractivity contribution in [2.75, 3.05) is 37.7 Å². The van der Waals surface area contributed by atoms with Gasteiger partial charge in [-0.3, -0.25) is 4.90 Å². The molecule has 2 heterocycles. The molecular weight excluding hydrogens is 289 g/mol. The fourth-order valence-corrected chi connectivity index (χ4v) is 4.06. The van der Waals surface area contributed by atoms with Crippen LogP contribution < -0.4 is 5.32 Å². The van der Waals surface area contributed by atoms with Gasteiger partial charge in [0.15, 0.2) is 0 Å². The number of halogens is 3. The standard InChI is InChI=1S/C13H23F3N2OS/c14-13(15,16)10-18-5-1-11(2-6-18)17-9-12(19)3-7-20-8-4-12/h11,17,19H,1-10H2. The van der Waals surface area contributed by atoms with Gasteiger partial charge in [-0.05, 0) is 50.3 Å². The summed E-state index contributed by atoms with van der Waals surface area (Å²) in [5.74, 6) is 1.98. The number of piperidine rings is 1. The summed E-state index contributed by atoms with van der Waals surface area (Å²) in [5, 5.41) is 13.7. The van der Waals surface area contributed by atoms with Crippen molar-refractivity contribution < 1.29 is 18.3 Å². The topological polar surface area (TPSA) is 35.5 Å². The predicted octanol–water partition coefficient (Wildman–Crippen LogP) is 1.86. The number of hydrogen-bond acceptors (Lipinski definition) is 4. The summed E-state index contributed by atoms with van der Waals surface area (Å²) in [7, 11) is 0. The Balaban J connectivity index is 1.67. The Labute approximate surface area is 122 Å². The summed E-state index contributed by atoms with van der Waals surface area (Å²) >= 11 is 1.86. The summed E-state index contributed by atoms with van der Waals surface area (Å²) in [6.07, 6.45) is -1.05. The van der Waals surface area contributed by atoms with Gasteiger partial charge in [0.2, 0.25) is 0 Å². The zero-order chi connectivity index (χ0) is 14.6. The molecule has 2 aliphatic rings. The third kappa shape index (κ3) is 5.42. The Hall–Kier alpha value is 0.0200. The van der Waals surface area contributed by atoms with Gasteiger partial charge >= 0.3 is 6.18 Å². The van der Waals surface area contributed by atoms with Crippen LogP contribution >= 0.6 is 11.8 Å². The van der Waals surface area contributed by atoms with Crippen molar-refractivity contribution in [1.82, 2.24) is 10.2 Å². The van der Waals surface area contributed by atoms with E-state index in [1.807, 2.05) is 11.8 Å². The molecule has 118 valence electrons. The Kier molecular flexibility index (Phi) is 5.62. The van der Waals surface area contributed by atoms with Gasteiger partial charge in [-0.2, -0.15) is 24.9 Å². The van der Waals surface area contributed by atoms with E-state index in [9.17, 15) is 18.3 Å². The van der Waals surface area contributed by atoms with Crippen molar-refractivity contribution in [3.05, 3.63) is 0 Å². The van der Waals surface area contributed by atoms with Crippen LogP contribution in [0.1, 0.15) is 25.7 Å². The van der Waals surface area contributed by atoms with E-state index >= 15 is 0 Å². The second-order valence-electron chi connectivity index (χ2n) is 5.88. The van der Waals surface area contributed by atoms with Crippen molar-refractivity contribution in [1.29, 1.82) is 0 Å². The van der Waals surface area contributed by atoms with E-state index in [2.05, 4.69) is 5.32 Å². The number of aliphatic hydroxyl groups is 1. The number of likely N-dealkylation sites (tertiary alicyclic amines) is 1. The monoisotopic (exact) mass is 312 g/mol. The van der Waals surface area contributed by atoms with Crippen LogP contribution in [0.25, 0.3) is 0 Å². The first-order valence-electron chi connectivity index (χ1n) is 7.19. The van der Waals surface area contributed by atoms with Crippen molar-refractivity contribution >= 4 is 11.8 Å². The van der Waals surface area contributed by atoms with E-state index in [1.54, 1.807) is 0 Å². The molecule has 0 amide bonds. The maximum Gasteiger partial charge on any atom is 0.401 e. The molecule has 0 saturated carbocycles. The number of nitrogens with one attached hydrogen (secondary N) is 1. The normalized spacial score (nSPS) is 25.8. The smallest absolute Gasteiger partial charge is 0.389 e. The van der Waals surface area contributed by atoms with E-state index in [4.69, 9.17) is 0 Å². The maximum absolute atomic E-state index is 12.3. The first-order chi connectivity index (χ1) is 9.36. The molecule has 20 heavy (non-hydrogen) atoms. The Bertz CT molecular complexity index is 300. The van der Waals surface area contributed by atoms with Crippen LogP contribution in [0.15, 0.2) is 0 Å². The highest BCUT2D eigenvalue weighted by Gasteiger charge is 2.34. The predicted molar refractivity (Wildman–Crippen MR) is 75.0 cm³/mol. The molecule has 0 unspecified atom stereocenters. The first kappa shape index (κ1) is 16.4. The molecular formula is C13H23F3N2OS. The van der Waals surface area contributed by atoms with Gasteiger partial charge in [0.05, 0.1) is 12.1 Å². The minimum absolute atomic E-state index is 0.234. The van der Waals surface area contributed by atoms with Gasteiger partial charge in [0.1, 0.15) is 0 Å². The van der Waals surface area contributed by atoms with E-state index in [0.717, 1.165) is 37.2 Å². The van der Waals surface area contributed by atoms with Crippen LogP contribution in [0.3, 0.4) is 0 Å². The van der Waals surface area contributed by atoms with Crippen LogP contribution in [0.4, 0.5) is 13.2 Å². The summed E-state index contributed by atoms with van der Waals surface area (Å²) in [4.78, 5) is 1.46. The van der Waals surface area contributed by atoms with Crippen LogP contribution in [0.5, 0.6) is 0 Å². The van der Waals surface area contributed by atoms with Crippen LogP contribution in [0, 0.1) is 0 Å². The second kappa shape index (κ2) is 6.85. The first-order valence-corrected chi connectivity index (χ1v) is 8.34. The number of hydrogen-bond donors (Lipinski definition) is 2. The number of thioether (sulfide) groups is 1. The van der Waals surface area contributed by atoms with Crippen molar-refractivity contribution in [2.45, 2.75) is 43.5 Å². The molecule has 2 saturated heterocycles. The molecule has 2 N–H and O–H groups in total. The summed E-state index contributed by atoms with van der Waals surface area (Å²) < 4.78 is 36.9. The second-order valence-corrected chi connectivity index (χ2v) is 7.11.